The molecule has 7 heteroatoms. The quantitative estimate of drug-likeness (QED) is 0.277. The van der Waals surface area contributed by atoms with Crippen molar-refractivity contribution in [2.45, 2.75) is 49.8 Å². The zero-order valence-electron chi connectivity index (χ0n) is 20.1. The van der Waals surface area contributed by atoms with Crippen LogP contribution in [0.1, 0.15) is 52.0 Å². The first-order valence-corrected chi connectivity index (χ1v) is 15.0. The molecule has 1 saturated heterocycles. The van der Waals surface area contributed by atoms with Crippen molar-refractivity contribution in [3.63, 3.8) is 0 Å². The van der Waals surface area contributed by atoms with Crippen molar-refractivity contribution in [3.05, 3.63) is 87.3 Å². The molecular weight excluding hydrogens is 498 g/mol. The first-order chi connectivity index (χ1) is 16.8. The molecule has 0 spiro atoms. The number of rotatable bonds is 10. The van der Waals surface area contributed by atoms with Gasteiger partial charge in [0.15, 0.2) is 15.6 Å². The lowest BCUT2D eigenvalue weighted by Crippen LogP contribution is -2.35. The van der Waals surface area contributed by atoms with Gasteiger partial charge in [0.25, 0.3) is 0 Å². The summed E-state index contributed by atoms with van der Waals surface area (Å²) < 4.78 is 26.4. The van der Waals surface area contributed by atoms with Crippen LogP contribution in [0.15, 0.2) is 64.9 Å². The molecule has 4 nitrogen and oxygen atoms in total. The smallest absolute Gasteiger partial charge is 0.187 e. The van der Waals surface area contributed by atoms with E-state index in [-0.39, 0.29) is 11.5 Å². The minimum absolute atomic E-state index is 0.0342. The SMILES string of the molecule is Cc1ccc(CN2CCCC(CCS(=O)(=O)c3ccc(CCC(=O)c4ccc(Cl)cc4)s3)C2)cc1. The summed E-state index contributed by atoms with van der Waals surface area (Å²) in [6.07, 6.45) is 3.78. The second-order valence-corrected chi connectivity index (χ2v) is 13.4. The summed E-state index contributed by atoms with van der Waals surface area (Å²) in [4.78, 5) is 15.8. The van der Waals surface area contributed by atoms with Gasteiger partial charge in [-0.3, -0.25) is 9.69 Å². The first kappa shape index (κ1) is 26.1. The summed E-state index contributed by atoms with van der Waals surface area (Å²) in [5, 5.41) is 0.599. The molecular formula is C28H32ClNO3S2. The van der Waals surface area contributed by atoms with Crippen molar-refractivity contribution >= 4 is 38.6 Å². The third-order valence-electron chi connectivity index (χ3n) is 6.63. The van der Waals surface area contributed by atoms with Gasteiger partial charge in [-0.1, -0.05) is 41.4 Å². The Kier molecular flexibility index (Phi) is 8.82. The van der Waals surface area contributed by atoms with E-state index >= 15 is 0 Å². The number of sulfone groups is 1. The molecule has 186 valence electrons. The number of ketones is 1. The number of hydrogen-bond donors (Lipinski definition) is 0. The molecule has 35 heavy (non-hydrogen) atoms. The minimum atomic E-state index is -3.32. The van der Waals surface area contributed by atoms with E-state index < -0.39 is 9.84 Å². The average molecular weight is 530 g/mol. The molecule has 1 aromatic heterocycles. The van der Waals surface area contributed by atoms with E-state index in [1.165, 1.54) is 22.5 Å². The topological polar surface area (TPSA) is 54.5 Å². The molecule has 0 amide bonds. The molecule has 2 heterocycles. The number of carbonyl (C=O) groups excluding carboxylic acids is 1. The number of likely N-dealkylation sites (tertiary alicyclic amines) is 1. The van der Waals surface area contributed by atoms with Crippen molar-refractivity contribution in [1.29, 1.82) is 0 Å². The van der Waals surface area contributed by atoms with Gasteiger partial charge >= 0.3 is 0 Å². The van der Waals surface area contributed by atoms with Crippen LogP contribution in [-0.2, 0) is 22.8 Å². The van der Waals surface area contributed by atoms with Crippen molar-refractivity contribution in [2.75, 3.05) is 18.8 Å². The molecule has 0 bridgehead atoms. The lowest BCUT2D eigenvalue weighted by atomic mass is 9.95. The van der Waals surface area contributed by atoms with E-state index in [2.05, 4.69) is 36.1 Å². The number of thiophene rings is 1. The lowest BCUT2D eigenvalue weighted by molar-refractivity contribution is 0.0983. The van der Waals surface area contributed by atoms with E-state index in [4.69, 9.17) is 11.6 Å². The van der Waals surface area contributed by atoms with Gasteiger partial charge in [-0.2, -0.15) is 0 Å². The summed E-state index contributed by atoms with van der Waals surface area (Å²) in [5.74, 6) is 0.618. The fourth-order valence-electron chi connectivity index (χ4n) is 4.58. The molecule has 1 unspecified atom stereocenters. The number of aryl methyl sites for hydroxylation is 2. The maximum atomic E-state index is 13.0. The van der Waals surface area contributed by atoms with Crippen molar-refractivity contribution in [1.82, 2.24) is 4.90 Å². The summed E-state index contributed by atoms with van der Waals surface area (Å²) in [5.41, 5.74) is 3.20. The maximum absolute atomic E-state index is 13.0. The fraction of sp³-hybridized carbons (Fsp3) is 0.393. The Morgan fingerprint density at radius 2 is 1.80 bits per heavy atom. The molecule has 0 radical (unpaired) electrons. The Balaban J connectivity index is 1.27. The molecule has 1 aliphatic heterocycles. The summed E-state index contributed by atoms with van der Waals surface area (Å²) in [6.45, 7) is 5.04. The number of nitrogens with zero attached hydrogens (tertiary/aromatic N) is 1. The first-order valence-electron chi connectivity index (χ1n) is 12.2. The van der Waals surface area contributed by atoms with Crippen LogP contribution in [0, 0.1) is 12.8 Å². The second-order valence-electron chi connectivity index (χ2n) is 9.49. The molecule has 0 N–H and O–H groups in total. The largest absolute Gasteiger partial charge is 0.299 e. The van der Waals surface area contributed by atoms with Crippen LogP contribution in [0.4, 0.5) is 0 Å². The van der Waals surface area contributed by atoms with Gasteiger partial charge in [0.05, 0.1) is 5.75 Å². The van der Waals surface area contributed by atoms with Crippen LogP contribution in [0.5, 0.6) is 0 Å². The highest BCUT2D eigenvalue weighted by Gasteiger charge is 2.24. The Morgan fingerprint density at radius 1 is 1.06 bits per heavy atom. The molecule has 2 aromatic carbocycles. The Labute approximate surface area is 217 Å². The zero-order chi connectivity index (χ0) is 24.8. The third-order valence-corrected chi connectivity index (χ3v) is 10.4. The highest BCUT2D eigenvalue weighted by molar-refractivity contribution is 7.93. The zero-order valence-corrected chi connectivity index (χ0v) is 22.5. The van der Waals surface area contributed by atoms with Crippen LogP contribution >= 0.6 is 22.9 Å². The predicted octanol–water partition coefficient (Wildman–Crippen LogP) is 6.60. The predicted molar refractivity (Wildman–Crippen MR) is 144 cm³/mol. The summed E-state index contributed by atoms with van der Waals surface area (Å²) in [6, 6.07) is 19.1. The molecule has 0 aliphatic carbocycles. The Morgan fingerprint density at radius 3 is 2.54 bits per heavy atom. The molecule has 1 fully saturated rings. The second kappa shape index (κ2) is 11.8. The third kappa shape index (κ3) is 7.50. The molecule has 4 rings (SSSR count). The number of halogens is 1. The lowest BCUT2D eigenvalue weighted by Gasteiger charge is -2.32. The highest BCUT2D eigenvalue weighted by atomic mass is 35.5. The van der Waals surface area contributed by atoms with Crippen molar-refractivity contribution in [3.8, 4) is 0 Å². The summed E-state index contributed by atoms with van der Waals surface area (Å²) >= 11 is 7.18. The van der Waals surface area contributed by atoms with Gasteiger partial charge in [0.1, 0.15) is 4.21 Å². The van der Waals surface area contributed by atoms with Gasteiger partial charge in [-0.25, -0.2) is 8.42 Å². The number of benzene rings is 2. The van der Waals surface area contributed by atoms with Crippen molar-refractivity contribution < 1.29 is 13.2 Å². The van der Waals surface area contributed by atoms with E-state index in [1.54, 1.807) is 30.3 Å². The monoisotopic (exact) mass is 529 g/mol. The normalized spacial score (nSPS) is 16.9. The maximum Gasteiger partial charge on any atom is 0.187 e. The van der Waals surface area contributed by atoms with Crippen LogP contribution in [0.2, 0.25) is 5.02 Å². The Bertz CT molecular complexity index is 1230. The van der Waals surface area contributed by atoms with Gasteiger partial charge < -0.3 is 0 Å². The van der Waals surface area contributed by atoms with Gasteiger partial charge in [-0.05, 0) is 87.0 Å². The Hall–Kier alpha value is -1.99. The number of Topliss-reactive ketones (excluding diaryl/α,β-unsaturated/α-hetero) is 1. The molecule has 3 aromatic rings. The number of piperidine rings is 1. The van der Waals surface area contributed by atoms with E-state index in [0.29, 0.717) is 40.0 Å². The molecule has 1 aliphatic rings. The van der Waals surface area contributed by atoms with Crippen LogP contribution in [0.3, 0.4) is 0 Å². The van der Waals surface area contributed by atoms with E-state index in [0.717, 1.165) is 37.4 Å². The fourth-order valence-corrected chi connectivity index (χ4v) is 7.64. The summed E-state index contributed by atoms with van der Waals surface area (Å²) in [7, 11) is -3.32. The number of hydrogen-bond acceptors (Lipinski definition) is 5. The van der Waals surface area contributed by atoms with Crippen molar-refractivity contribution in [2.24, 2.45) is 5.92 Å². The molecule has 1 atom stereocenters. The van der Waals surface area contributed by atoms with Crippen LogP contribution in [0.25, 0.3) is 0 Å². The highest BCUT2D eigenvalue weighted by Crippen LogP contribution is 2.28. The van der Waals surface area contributed by atoms with Crippen LogP contribution in [-0.4, -0.2) is 37.9 Å². The minimum Gasteiger partial charge on any atom is -0.299 e. The average Bonchev–Trinajstić information content (AvgIpc) is 3.34. The van der Waals surface area contributed by atoms with Gasteiger partial charge in [0.2, 0.25) is 0 Å². The van der Waals surface area contributed by atoms with Gasteiger partial charge in [-0.15, -0.1) is 11.3 Å². The standard InChI is InChI=1S/C28H32ClNO3S2/c1-21-4-6-23(7-5-21)20-30-17-2-3-22(19-30)16-18-35(32,33)28-15-13-26(34-28)12-14-27(31)24-8-10-25(29)11-9-24/h4-11,13,15,22H,2-3,12,14,16-20H2,1H3. The number of carbonyl (C=O) groups is 1. The molecule has 0 saturated carbocycles. The van der Waals surface area contributed by atoms with Crippen LogP contribution < -0.4 is 0 Å². The van der Waals surface area contributed by atoms with Gasteiger partial charge in [0, 0.05) is 35.0 Å². The van der Waals surface area contributed by atoms with E-state index in [9.17, 15) is 13.2 Å². The van der Waals surface area contributed by atoms with E-state index in [1.807, 2.05) is 6.07 Å².